The molecule has 4 aromatic rings. The lowest BCUT2D eigenvalue weighted by Crippen LogP contribution is -2.26. The Morgan fingerprint density at radius 2 is 1.86 bits per heavy atom. The van der Waals surface area contributed by atoms with Gasteiger partial charge >= 0.3 is 12.1 Å². The van der Waals surface area contributed by atoms with Gasteiger partial charge in [0.05, 0.1) is 26.0 Å². The number of nitrogens with zero attached hydrogens (tertiary/aromatic N) is 3. The molecular weight excluding hydrogens is 632 g/mol. The van der Waals surface area contributed by atoms with Crippen molar-refractivity contribution in [2.24, 2.45) is 5.11 Å². The lowest BCUT2D eigenvalue weighted by Gasteiger charge is -2.15. The number of ether oxygens (including phenoxy) is 1. The fraction of sp³-hybridized carbons (Fsp3) is 0.250. The fourth-order valence-corrected chi connectivity index (χ4v) is 6.47. The molecule has 1 aliphatic heterocycles. The second kappa shape index (κ2) is 11.7. The van der Waals surface area contributed by atoms with Crippen molar-refractivity contribution in [1.29, 1.82) is 0 Å². The van der Waals surface area contributed by atoms with Crippen molar-refractivity contribution < 1.29 is 40.9 Å². The standard InChI is InChI=1S/C28H23Cl2F3N4O5S/c1-16-2-5-19(6-3-16)43(40,41)37-14-18-9-11-36(35-15-42-27(39)28(31,32)33)23-13-22(26(38)25(37)24(18)23)34-10-8-17-4-7-20(29)21(30)12-17/h2-7,12-14,35H,8-11,15H2,1H3/p+1. The molecule has 2 heterocycles. The first-order valence-corrected chi connectivity index (χ1v) is 15.1. The molecule has 0 bridgehead atoms. The summed E-state index contributed by atoms with van der Waals surface area (Å²) in [7, 11) is -4.18. The molecule has 3 aromatic carbocycles. The number of alkyl halides is 3. The van der Waals surface area contributed by atoms with Gasteiger partial charge < -0.3 is 15.2 Å². The van der Waals surface area contributed by atoms with E-state index in [0.29, 0.717) is 33.1 Å². The van der Waals surface area contributed by atoms with Crippen LogP contribution in [0.15, 0.2) is 64.7 Å². The minimum atomic E-state index is -5.18. The minimum absolute atomic E-state index is 0.000308. The Hall–Kier alpha value is -3.81. The van der Waals surface area contributed by atoms with Crippen molar-refractivity contribution >= 4 is 61.5 Å². The molecule has 1 aliphatic rings. The Kier molecular flexibility index (Phi) is 8.34. The number of rotatable bonds is 8. The highest BCUT2D eigenvalue weighted by molar-refractivity contribution is 7.90. The van der Waals surface area contributed by atoms with Gasteiger partial charge in [-0.15, -0.1) is 0 Å². The van der Waals surface area contributed by atoms with Crippen molar-refractivity contribution in [3.8, 4) is 5.75 Å². The number of carbonyl (C=O) groups is 1. The monoisotopic (exact) mass is 655 g/mol. The molecule has 0 saturated carbocycles. The number of aromatic hydroxyl groups is 1. The molecule has 0 atom stereocenters. The molecule has 0 amide bonds. The van der Waals surface area contributed by atoms with Gasteiger partial charge in [0.25, 0.3) is 10.0 Å². The van der Waals surface area contributed by atoms with Gasteiger partial charge in [0.15, 0.2) is 12.3 Å². The summed E-state index contributed by atoms with van der Waals surface area (Å²) in [4.78, 5) is 11.2. The molecule has 9 nitrogen and oxygen atoms in total. The number of halogens is 5. The predicted octanol–water partition coefficient (Wildman–Crippen LogP) is 6.57. The van der Waals surface area contributed by atoms with Gasteiger partial charge in [0.2, 0.25) is 12.4 Å². The highest BCUT2D eigenvalue weighted by Crippen LogP contribution is 2.45. The van der Waals surface area contributed by atoms with E-state index in [1.165, 1.54) is 29.1 Å². The first-order valence-electron chi connectivity index (χ1n) is 12.9. The zero-order valence-electron chi connectivity index (χ0n) is 22.5. The maximum Gasteiger partial charge on any atom is 0.490 e. The van der Waals surface area contributed by atoms with Gasteiger partial charge in [0.1, 0.15) is 5.52 Å². The quantitative estimate of drug-likeness (QED) is 0.126. The van der Waals surface area contributed by atoms with E-state index in [-0.39, 0.29) is 41.4 Å². The second-order valence-corrected chi connectivity index (χ2v) is 12.4. The van der Waals surface area contributed by atoms with Crippen LogP contribution in [0.3, 0.4) is 0 Å². The van der Waals surface area contributed by atoms with Crippen LogP contribution < -0.4 is 5.32 Å². The van der Waals surface area contributed by atoms with Crippen molar-refractivity contribution in [3.63, 3.8) is 0 Å². The normalized spacial score (nSPS) is 14.3. The largest absolute Gasteiger partial charge is 0.504 e. The summed E-state index contributed by atoms with van der Waals surface area (Å²) >= 11 is 12.1. The number of carbonyl (C=O) groups excluding carboxylic acids is 1. The summed E-state index contributed by atoms with van der Waals surface area (Å²) in [5.74, 6) is -2.73. The van der Waals surface area contributed by atoms with E-state index in [4.69, 9.17) is 23.2 Å². The molecule has 0 radical (unpaired) electrons. The number of esters is 1. The van der Waals surface area contributed by atoms with Crippen LogP contribution in [-0.2, 0) is 32.4 Å². The van der Waals surface area contributed by atoms with Crippen LogP contribution >= 0.6 is 23.2 Å². The second-order valence-electron chi connectivity index (χ2n) is 9.78. The van der Waals surface area contributed by atoms with Crippen molar-refractivity contribution in [3.05, 3.63) is 81.5 Å². The highest BCUT2D eigenvalue weighted by Gasteiger charge is 2.41. The van der Waals surface area contributed by atoms with Gasteiger partial charge in [-0.1, -0.05) is 51.7 Å². The maximum atomic E-state index is 13.8. The summed E-state index contributed by atoms with van der Waals surface area (Å²) in [5, 5.41) is 19.7. The molecule has 2 N–H and O–H groups in total. The molecule has 0 aliphatic carbocycles. The van der Waals surface area contributed by atoms with Gasteiger partial charge in [-0.25, -0.2) is 17.2 Å². The van der Waals surface area contributed by atoms with Crippen molar-refractivity contribution in [2.45, 2.75) is 30.8 Å². The van der Waals surface area contributed by atoms with Crippen LogP contribution in [0.4, 0.5) is 24.5 Å². The van der Waals surface area contributed by atoms with Crippen LogP contribution in [0.5, 0.6) is 5.75 Å². The summed E-state index contributed by atoms with van der Waals surface area (Å²) in [6, 6.07) is 12.9. The van der Waals surface area contributed by atoms with E-state index in [9.17, 15) is 31.5 Å². The maximum absolute atomic E-state index is 13.8. The minimum Gasteiger partial charge on any atom is -0.504 e. The Morgan fingerprint density at radius 1 is 1.14 bits per heavy atom. The number of phenolic OH excluding ortho intramolecular Hbond substituents is 1. The van der Waals surface area contributed by atoms with Crippen LogP contribution in [0, 0.1) is 6.92 Å². The van der Waals surface area contributed by atoms with E-state index in [1.54, 1.807) is 30.3 Å². The van der Waals surface area contributed by atoms with Crippen molar-refractivity contribution in [2.75, 3.05) is 25.1 Å². The topological polar surface area (TPSA) is 113 Å². The SMILES string of the molecule is Cc1ccc(S(=O)(=O)n2cc3c4c(cc(NCCc5ccc(Cl)c(Cl)c5)c(O)c42)[N+](=NCOC(=O)C(F)(F)F)CC3)cc1. The zero-order valence-corrected chi connectivity index (χ0v) is 24.8. The molecule has 15 heteroatoms. The Balaban J connectivity index is 1.58. The van der Waals surface area contributed by atoms with Gasteiger partial charge in [0, 0.05) is 30.3 Å². The molecule has 0 unspecified atom stereocenters. The smallest absolute Gasteiger partial charge is 0.490 e. The number of azo groups is 2. The van der Waals surface area contributed by atoms with Crippen molar-refractivity contribution in [1.82, 2.24) is 3.97 Å². The molecule has 5 rings (SSSR count). The number of benzene rings is 3. The molecule has 0 saturated heterocycles. The lowest BCUT2D eigenvalue weighted by atomic mass is 10.0. The summed E-state index contributed by atoms with van der Waals surface area (Å²) in [5.41, 5.74) is 2.72. The van der Waals surface area contributed by atoms with E-state index < -0.39 is 28.9 Å². The van der Waals surface area contributed by atoms with Gasteiger partial charge in [-0.3, -0.25) is 0 Å². The van der Waals surface area contributed by atoms with Crippen LogP contribution in [0.2, 0.25) is 10.0 Å². The average Bonchev–Trinajstić information content (AvgIpc) is 3.35. The zero-order chi connectivity index (χ0) is 31.1. The van der Waals surface area contributed by atoms with Gasteiger partial charge in [-0.2, -0.15) is 13.2 Å². The number of hydrogen-bond acceptors (Lipinski definition) is 7. The van der Waals surface area contributed by atoms with E-state index in [2.05, 4.69) is 15.2 Å². The third-order valence-corrected chi connectivity index (χ3v) is 9.30. The Bertz CT molecular complexity index is 1870. The number of aromatic nitrogens is 1. The number of aryl methyl sites for hydroxylation is 1. The van der Waals surface area contributed by atoms with E-state index in [0.717, 1.165) is 15.1 Å². The number of nitrogens with one attached hydrogen (secondary N) is 1. The first kappa shape index (κ1) is 30.6. The van der Waals surface area contributed by atoms with Gasteiger partial charge in [-0.05, 0) is 48.7 Å². The Labute approximate surface area is 254 Å². The third kappa shape index (κ3) is 6.15. The first-order chi connectivity index (χ1) is 20.3. The van der Waals surface area contributed by atoms with Crippen LogP contribution in [0.25, 0.3) is 10.9 Å². The third-order valence-electron chi connectivity index (χ3n) is 6.89. The molecule has 43 heavy (non-hydrogen) atoms. The van der Waals surface area contributed by atoms with Crippen LogP contribution in [-0.4, -0.2) is 54.2 Å². The fourth-order valence-electron chi connectivity index (χ4n) is 4.76. The lowest BCUT2D eigenvalue weighted by molar-refractivity contribution is -0.517. The average molecular weight is 656 g/mol. The highest BCUT2D eigenvalue weighted by atomic mass is 35.5. The van der Waals surface area contributed by atoms with E-state index >= 15 is 0 Å². The molecule has 0 fully saturated rings. The molecular formula is C28H24Cl2F3N4O5S+. The summed E-state index contributed by atoms with van der Waals surface area (Å²) in [6.45, 7) is 1.33. The number of anilines is 1. The molecule has 1 aromatic heterocycles. The van der Waals surface area contributed by atoms with Crippen LogP contribution in [0.1, 0.15) is 16.7 Å². The van der Waals surface area contributed by atoms with E-state index in [1.807, 2.05) is 6.92 Å². The summed E-state index contributed by atoms with van der Waals surface area (Å²) < 4.78 is 72.0. The number of phenols is 1. The molecule has 0 spiro atoms. The molecule has 226 valence electrons. The summed E-state index contributed by atoms with van der Waals surface area (Å²) in [6.07, 6.45) is -3.05. The number of hydrogen-bond donors (Lipinski definition) is 2. The predicted molar refractivity (Wildman–Crippen MR) is 154 cm³/mol. The Morgan fingerprint density at radius 3 is 2.53 bits per heavy atom.